The van der Waals surface area contributed by atoms with Crippen LogP contribution in [0.4, 0.5) is 0 Å². The molecule has 0 aromatic heterocycles. The van der Waals surface area contributed by atoms with Crippen molar-refractivity contribution >= 4 is 11.6 Å². The zero-order valence-corrected chi connectivity index (χ0v) is 12.5. The van der Waals surface area contributed by atoms with Gasteiger partial charge >= 0.3 is 0 Å². The van der Waals surface area contributed by atoms with Gasteiger partial charge < -0.3 is 19.6 Å². The van der Waals surface area contributed by atoms with Crippen LogP contribution in [0.5, 0.6) is 5.75 Å². The molecule has 1 N–H and O–H groups in total. The van der Waals surface area contributed by atoms with Crippen molar-refractivity contribution in [3.05, 3.63) is 29.8 Å². The van der Waals surface area contributed by atoms with Crippen LogP contribution in [0.1, 0.15) is 18.9 Å². The fraction of sp³-hybridized carbons (Fsp3) is 0.467. The molecule has 1 aliphatic rings. The number of carbonyl (C=O) groups is 1. The Balaban J connectivity index is 1.91. The third-order valence-electron chi connectivity index (χ3n) is 3.19. The summed E-state index contributed by atoms with van der Waals surface area (Å²) in [6.45, 7) is 2.34. The summed E-state index contributed by atoms with van der Waals surface area (Å²) in [6.07, 6.45) is -0.126. The molecule has 0 saturated heterocycles. The molecule has 0 radical (unpaired) electrons. The molecule has 21 heavy (non-hydrogen) atoms. The molecule has 0 bridgehead atoms. The topological polar surface area (TPSA) is 69.2 Å². The first-order valence-electron chi connectivity index (χ1n) is 6.80. The smallest absolute Gasteiger partial charge is 0.264 e. The van der Waals surface area contributed by atoms with Gasteiger partial charge in [-0.1, -0.05) is 5.16 Å². The van der Waals surface area contributed by atoms with Crippen LogP contribution in [-0.2, 0) is 14.4 Å². The second kappa shape index (κ2) is 7.08. The fourth-order valence-electron chi connectivity index (χ4n) is 2.10. The Morgan fingerprint density at radius 2 is 2.14 bits per heavy atom. The zero-order chi connectivity index (χ0) is 15.2. The van der Waals surface area contributed by atoms with Crippen LogP contribution in [0, 0.1) is 0 Å². The van der Waals surface area contributed by atoms with Crippen LogP contribution < -0.4 is 10.1 Å². The van der Waals surface area contributed by atoms with Gasteiger partial charge in [0, 0.05) is 19.6 Å². The van der Waals surface area contributed by atoms with Crippen LogP contribution in [0.3, 0.4) is 0 Å². The first kappa shape index (κ1) is 15.3. The number of oxime groups is 1. The van der Waals surface area contributed by atoms with E-state index in [2.05, 4.69) is 10.5 Å². The largest absolute Gasteiger partial charge is 0.497 e. The lowest BCUT2D eigenvalue weighted by Gasteiger charge is -2.15. The van der Waals surface area contributed by atoms with Crippen LogP contribution in [-0.4, -0.2) is 44.6 Å². The highest BCUT2D eigenvalue weighted by atomic mass is 16.6. The second-order valence-electron chi connectivity index (χ2n) is 4.93. The van der Waals surface area contributed by atoms with Gasteiger partial charge in [-0.2, -0.15) is 0 Å². The third-order valence-corrected chi connectivity index (χ3v) is 3.19. The Kier molecular flexibility index (Phi) is 5.16. The molecule has 0 unspecified atom stereocenters. The lowest BCUT2D eigenvalue weighted by molar-refractivity contribution is -0.132. The molecule has 1 heterocycles. The van der Waals surface area contributed by atoms with E-state index in [1.165, 1.54) is 0 Å². The SMILES string of the molecule is COC[C@@H](C)NC(=O)[C@H]1CC(c2ccc(OC)cc2)=NO1. The van der Waals surface area contributed by atoms with Gasteiger partial charge in [0.1, 0.15) is 5.75 Å². The average molecular weight is 292 g/mol. The Bertz CT molecular complexity index is 513. The van der Waals surface area contributed by atoms with E-state index >= 15 is 0 Å². The molecule has 2 rings (SSSR count). The number of hydrogen-bond donors (Lipinski definition) is 1. The number of nitrogens with one attached hydrogen (secondary N) is 1. The van der Waals surface area contributed by atoms with E-state index in [1.807, 2.05) is 31.2 Å². The van der Waals surface area contributed by atoms with E-state index < -0.39 is 6.10 Å². The maximum absolute atomic E-state index is 12.0. The van der Waals surface area contributed by atoms with Gasteiger partial charge in [-0.25, -0.2) is 0 Å². The van der Waals surface area contributed by atoms with E-state index in [0.717, 1.165) is 17.0 Å². The minimum absolute atomic E-state index is 0.0591. The monoisotopic (exact) mass is 292 g/mol. The number of carbonyl (C=O) groups excluding carboxylic acids is 1. The minimum atomic E-state index is -0.582. The molecule has 114 valence electrons. The number of nitrogens with zero attached hydrogens (tertiary/aromatic N) is 1. The van der Waals surface area contributed by atoms with Crippen molar-refractivity contribution in [3.63, 3.8) is 0 Å². The summed E-state index contributed by atoms with van der Waals surface area (Å²) in [5.41, 5.74) is 1.69. The van der Waals surface area contributed by atoms with Crippen molar-refractivity contribution in [2.24, 2.45) is 5.16 Å². The highest BCUT2D eigenvalue weighted by Gasteiger charge is 2.29. The zero-order valence-electron chi connectivity index (χ0n) is 12.5. The van der Waals surface area contributed by atoms with E-state index in [4.69, 9.17) is 14.3 Å². The average Bonchev–Trinajstić information content (AvgIpc) is 2.97. The molecule has 0 fully saturated rings. The number of rotatable bonds is 6. The lowest BCUT2D eigenvalue weighted by Crippen LogP contribution is -2.42. The second-order valence-corrected chi connectivity index (χ2v) is 4.93. The molecule has 6 nitrogen and oxygen atoms in total. The molecule has 1 amide bonds. The summed E-state index contributed by atoms with van der Waals surface area (Å²) >= 11 is 0. The molecule has 0 spiro atoms. The highest BCUT2D eigenvalue weighted by molar-refractivity contribution is 6.04. The predicted molar refractivity (Wildman–Crippen MR) is 78.5 cm³/mol. The van der Waals surface area contributed by atoms with Crippen molar-refractivity contribution in [2.75, 3.05) is 20.8 Å². The standard InChI is InChI=1S/C15H20N2O4/c1-10(9-19-2)16-15(18)14-8-13(17-21-14)11-4-6-12(20-3)7-5-11/h4-7,10,14H,8-9H2,1-3H3,(H,16,18)/t10-,14-/m1/s1. The molecule has 0 saturated carbocycles. The first-order valence-corrected chi connectivity index (χ1v) is 6.80. The third kappa shape index (κ3) is 3.95. The Morgan fingerprint density at radius 1 is 1.43 bits per heavy atom. The van der Waals surface area contributed by atoms with Crippen LogP contribution in [0.15, 0.2) is 29.4 Å². The maximum atomic E-state index is 12.0. The minimum Gasteiger partial charge on any atom is -0.497 e. The van der Waals surface area contributed by atoms with Gasteiger partial charge in [0.2, 0.25) is 6.10 Å². The quantitative estimate of drug-likeness (QED) is 0.859. The summed E-state index contributed by atoms with van der Waals surface area (Å²) in [5, 5.41) is 6.83. The van der Waals surface area contributed by atoms with Gasteiger partial charge in [-0.15, -0.1) is 0 Å². The van der Waals surface area contributed by atoms with Gasteiger partial charge in [0.05, 0.1) is 19.4 Å². The number of benzene rings is 1. The van der Waals surface area contributed by atoms with Crippen molar-refractivity contribution in [3.8, 4) is 5.75 Å². The lowest BCUT2D eigenvalue weighted by atomic mass is 10.0. The molecule has 0 aliphatic carbocycles. The summed E-state index contributed by atoms with van der Waals surface area (Å²) < 4.78 is 10.1. The summed E-state index contributed by atoms with van der Waals surface area (Å²) in [7, 11) is 3.21. The predicted octanol–water partition coefficient (Wildman–Crippen LogP) is 1.34. The summed E-state index contributed by atoms with van der Waals surface area (Å²) in [6, 6.07) is 7.44. The van der Waals surface area contributed by atoms with Crippen LogP contribution in [0.25, 0.3) is 0 Å². The van der Waals surface area contributed by atoms with Crippen molar-refractivity contribution < 1.29 is 19.1 Å². The van der Waals surface area contributed by atoms with Gasteiger partial charge in [-0.05, 0) is 36.8 Å². The Labute approximate surface area is 124 Å². The molecule has 1 aliphatic heterocycles. The molecule has 1 aromatic carbocycles. The number of amides is 1. The molecule has 6 heteroatoms. The number of hydrogen-bond acceptors (Lipinski definition) is 5. The van der Waals surface area contributed by atoms with Crippen LogP contribution >= 0.6 is 0 Å². The van der Waals surface area contributed by atoms with Gasteiger partial charge in [0.15, 0.2) is 0 Å². The van der Waals surface area contributed by atoms with Crippen LogP contribution in [0.2, 0.25) is 0 Å². The van der Waals surface area contributed by atoms with Crippen molar-refractivity contribution in [2.45, 2.75) is 25.5 Å². The molecule has 1 aromatic rings. The maximum Gasteiger partial charge on any atom is 0.264 e. The van der Waals surface area contributed by atoms with E-state index in [0.29, 0.717) is 13.0 Å². The summed E-state index contributed by atoms with van der Waals surface area (Å²) in [4.78, 5) is 17.2. The first-order chi connectivity index (χ1) is 10.1. The van der Waals surface area contributed by atoms with E-state index in [1.54, 1.807) is 14.2 Å². The highest BCUT2D eigenvalue weighted by Crippen LogP contribution is 2.19. The Hall–Kier alpha value is -2.08. The Morgan fingerprint density at radius 3 is 2.76 bits per heavy atom. The normalized spacial score (nSPS) is 18.6. The van der Waals surface area contributed by atoms with E-state index in [-0.39, 0.29) is 11.9 Å². The van der Waals surface area contributed by atoms with Crippen molar-refractivity contribution in [1.82, 2.24) is 5.32 Å². The van der Waals surface area contributed by atoms with Gasteiger partial charge in [0.25, 0.3) is 5.91 Å². The summed E-state index contributed by atoms with van der Waals surface area (Å²) in [5.74, 6) is 0.604. The fourth-order valence-corrected chi connectivity index (χ4v) is 2.10. The van der Waals surface area contributed by atoms with Crippen molar-refractivity contribution in [1.29, 1.82) is 0 Å². The molecular weight excluding hydrogens is 272 g/mol. The molecular formula is C15H20N2O4. The van der Waals surface area contributed by atoms with Gasteiger partial charge in [-0.3, -0.25) is 4.79 Å². The number of ether oxygens (including phenoxy) is 2. The molecule has 2 atom stereocenters. The number of methoxy groups -OCH3 is 2. The van der Waals surface area contributed by atoms with E-state index in [9.17, 15) is 4.79 Å².